The van der Waals surface area contributed by atoms with Crippen molar-refractivity contribution in [3.63, 3.8) is 0 Å². The van der Waals surface area contributed by atoms with Gasteiger partial charge in [-0.05, 0) is 18.1 Å². The normalized spacial score (nSPS) is 12.1. The fraction of sp³-hybridized carbons (Fsp3) is 0.368. The van der Waals surface area contributed by atoms with Crippen molar-refractivity contribution in [2.45, 2.75) is 32.4 Å². The number of esters is 1. The molecular weight excluding hydrogens is 322 g/mol. The van der Waals surface area contributed by atoms with E-state index in [1.165, 1.54) is 0 Å². The lowest BCUT2D eigenvalue weighted by Gasteiger charge is -2.20. The highest BCUT2D eigenvalue weighted by molar-refractivity contribution is 5.90. The van der Waals surface area contributed by atoms with Gasteiger partial charge in [0.05, 0.1) is 0 Å². The van der Waals surface area contributed by atoms with Gasteiger partial charge >= 0.3 is 11.9 Å². The molecule has 0 aromatic heterocycles. The molecule has 136 valence electrons. The van der Waals surface area contributed by atoms with Gasteiger partial charge in [0, 0.05) is 24.7 Å². The third-order valence-electron chi connectivity index (χ3n) is 3.16. The molecule has 1 atom stereocenters. The monoisotopic (exact) mass is 347 g/mol. The van der Waals surface area contributed by atoms with E-state index in [1.807, 2.05) is 38.1 Å². The van der Waals surface area contributed by atoms with Gasteiger partial charge in [-0.2, -0.15) is 0 Å². The molecule has 0 aliphatic rings. The van der Waals surface area contributed by atoms with Crippen molar-refractivity contribution >= 4 is 11.9 Å². The highest BCUT2D eigenvalue weighted by atomic mass is 16.6. The Morgan fingerprint density at radius 3 is 2.64 bits per heavy atom. The number of para-hydroxylation sites is 1. The molecule has 0 aliphatic heterocycles. The maximum atomic E-state index is 11.7. The fourth-order valence-corrected chi connectivity index (χ4v) is 2.00. The molecule has 0 spiro atoms. The van der Waals surface area contributed by atoms with Gasteiger partial charge in [-0.25, -0.2) is 9.59 Å². The highest BCUT2D eigenvalue weighted by Gasteiger charge is 2.15. The molecule has 0 aliphatic carbocycles. The van der Waals surface area contributed by atoms with Gasteiger partial charge in [0.2, 0.25) is 0 Å². The zero-order valence-electron chi connectivity index (χ0n) is 14.6. The Morgan fingerprint density at radius 1 is 1.28 bits per heavy atom. The fourth-order valence-electron chi connectivity index (χ4n) is 2.00. The summed E-state index contributed by atoms with van der Waals surface area (Å²) in [7, 11) is 0. The van der Waals surface area contributed by atoms with Crippen LogP contribution in [0.15, 0.2) is 49.1 Å². The van der Waals surface area contributed by atoms with Gasteiger partial charge in [-0.1, -0.05) is 38.1 Å². The number of hydrogen-bond donors (Lipinski definition) is 2. The molecule has 0 saturated heterocycles. The Hall–Kier alpha value is -2.60. The van der Waals surface area contributed by atoms with Crippen LogP contribution in [-0.2, 0) is 20.7 Å². The first-order chi connectivity index (χ1) is 11.9. The number of aliphatic carboxylic acids is 1. The summed E-state index contributed by atoms with van der Waals surface area (Å²) in [4.78, 5) is 22.2. The molecule has 0 amide bonds. The van der Waals surface area contributed by atoms with Crippen LogP contribution in [0.2, 0.25) is 0 Å². The molecule has 1 aromatic rings. The third-order valence-corrected chi connectivity index (χ3v) is 3.16. The molecule has 25 heavy (non-hydrogen) atoms. The molecule has 0 saturated carbocycles. The topological polar surface area (TPSA) is 84.9 Å². The summed E-state index contributed by atoms with van der Waals surface area (Å²) < 4.78 is 11.1. The highest BCUT2D eigenvalue weighted by Crippen LogP contribution is 2.19. The standard InChI is InChI=1S/C19H25NO5/c1-4-7-15-8-5-6-9-17(15)24-13-16(12-20-14(2)3)25-19(23)11-10-18(21)22/h4-6,8-11,14,16,20H,1,7,12-13H2,2-3H3,(H,21,22). The van der Waals surface area contributed by atoms with Crippen molar-refractivity contribution in [1.82, 2.24) is 5.32 Å². The van der Waals surface area contributed by atoms with Crippen LogP contribution in [-0.4, -0.2) is 42.3 Å². The van der Waals surface area contributed by atoms with Gasteiger partial charge in [0.15, 0.2) is 0 Å². The van der Waals surface area contributed by atoms with Crippen LogP contribution in [0.5, 0.6) is 5.75 Å². The van der Waals surface area contributed by atoms with Crippen molar-refractivity contribution in [3.8, 4) is 5.75 Å². The number of nitrogens with one attached hydrogen (secondary N) is 1. The van der Waals surface area contributed by atoms with E-state index in [-0.39, 0.29) is 12.6 Å². The lowest BCUT2D eigenvalue weighted by Crippen LogP contribution is -2.38. The molecule has 0 heterocycles. The van der Waals surface area contributed by atoms with Crippen LogP contribution in [0.4, 0.5) is 0 Å². The number of rotatable bonds is 11. The maximum Gasteiger partial charge on any atom is 0.331 e. The number of benzene rings is 1. The summed E-state index contributed by atoms with van der Waals surface area (Å²) in [5, 5.41) is 11.7. The average Bonchev–Trinajstić information content (AvgIpc) is 2.56. The molecule has 1 rings (SSSR count). The number of hydrogen-bond acceptors (Lipinski definition) is 5. The Kier molecular flexibility index (Phi) is 9.03. The molecule has 2 N–H and O–H groups in total. The lowest BCUT2D eigenvalue weighted by atomic mass is 10.1. The number of carbonyl (C=O) groups excluding carboxylic acids is 1. The average molecular weight is 347 g/mol. The maximum absolute atomic E-state index is 11.7. The van der Waals surface area contributed by atoms with Crippen LogP contribution >= 0.6 is 0 Å². The number of allylic oxidation sites excluding steroid dienone is 1. The Labute approximate surface area is 148 Å². The second-order valence-electron chi connectivity index (χ2n) is 5.70. The summed E-state index contributed by atoms with van der Waals surface area (Å²) in [5.74, 6) is -1.22. The van der Waals surface area contributed by atoms with E-state index in [1.54, 1.807) is 6.08 Å². The molecule has 0 fully saturated rings. The largest absolute Gasteiger partial charge is 0.489 e. The van der Waals surface area contributed by atoms with Crippen LogP contribution in [0, 0.1) is 0 Å². The number of ether oxygens (including phenoxy) is 2. The summed E-state index contributed by atoms with van der Waals surface area (Å²) in [6.45, 7) is 8.23. The van der Waals surface area contributed by atoms with Crippen LogP contribution in [0.3, 0.4) is 0 Å². The van der Waals surface area contributed by atoms with E-state index < -0.39 is 18.0 Å². The van der Waals surface area contributed by atoms with Gasteiger partial charge in [0.1, 0.15) is 18.5 Å². The first kappa shape index (κ1) is 20.4. The molecule has 0 radical (unpaired) electrons. The molecule has 6 heteroatoms. The van der Waals surface area contributed by atoms with E-state index >= 15 is 0 Å². The first-order valence-electron chi connectivity index (χ1n) is 8.09. The molecule has 1 unspecified atom stereocenters. The van der Waals surface area contributed by atoms with Crippen molar-refractivity contribution in [1.29, 1.82) is 0 Å². The number of carbonyl (C=O) groups is 2. The van der Waals surface area contributed by atoms with Crippen molar-refractivity contribution < 1.29 is 24.2 Å². The second kappa shape index (κ2) is 11.0. The summed E-state index contributed by atoms with van der Waals surface area (Å²) in [6.07, 6.45) is 3.54. The van der Waals surface area contributed by atoms with Gasteiger partial charge in [-0.15, -0.1) is 6.58 Å². The van der Waals surface area contributed by atoms with Gasteiger partial charge in [-0.3, -0.25) is 0 Å². The van der Waals surface area contributed by atoms with E-state index in [4.69, 9.17) is 14.6 Å². The number of carboxylic acids is 1. The quantitative estimate of drug-likeness (QED) is 0.363. The van der Waals surface area contributed by atoms with E-state index in [0.717, 1.165) is 17.7 Å². The van der Waals surface area contributed by atoms with Crippen molar-refractivity contribution in [2.75, 3.05) is 13.2 Å². The Morgan fingerprint density at radius 2 is 2.00 bits per heavy atom. The zero-order chi connectivity index (χ0) is 18.7. The van der Waals surface area contributed by atoms with Crippen LogP contribution < -0.4 is 10.1 Å². The van der Waals surface area contributed by atoms with Crippen molar-refractivity contribution in [3.05, 3.63) is 54.6 Å². The van der Waals surface area contributed by atoms with Crippen LogP contribution in [0.25, 0.3) is 0 Å². The second-order valence-corrected chi connectivity index (χ2v) is 5.70. The smallest absolute Gasteiger partial charge is 0.331 e. The van der Waals surface area contributed by atoms with Crippen molar-refractivity contribution in [2.24, 2.45) is 0 Å². The first-order valence-corrected chi connectivity index (χ1v) is 8.09. The predicted octanol–water partition coefficient (Wildman–Crippen LogP) is 2.34. The minimum absolute atomic E-state index is 0.153. The Bertz CT molecular complexity index is 610. The summed E-state index contributed by atoms with van der Waals surface area (Å²) >= 11 is 0. The molecule has 1 aromatic carbocycles. The Balaban J connectivity index is 2.71. The third kappa shape index (κ3) is 8.72. The van der Waals surface area contributed by atoms with Gasteiger partial charge < -0.3 is 19.9 Å². The van der Waals surface area contributed by atoms with E-state index in [2.05, 4.69) is 11.9 Å². The molecular formula is C19H25NO5. The van der Waals surface area contributed by atoms with E-state index in [9.17, 15) is 9.59 Å². The molecule has 6 nitrogen and oxygen atoms in total. The van der Waals surface area contributed by atoms with Crippen LogP contribution in [0.1, 0.15) is 19.4 Å². The number of carboxylic acid groups (broad SMARTS) is 1. The SMILES string of the molecule is C=CCc1ccccc1OCC(CNC(C)C)OC(=O)C=CC(=O)O. The zero-order valence-corrected chi connectivity index (χ0v) is 14.6. The predicted molar refractivity (Wildman–Crippen MR) is 95.6 cm³/mol. The van der Waals surface area contributed by atoms with E-state index in [0.29, 0.717) is 18.7 Å². The summed E-state index contributed by atoms with van der Waals surface area (Å²) in [6, 6.07) is 7.78. The minimum atomic E-state index is -1.21. The minimum Gasteiger partial charge on any atom is -0.489 e. The van der Waals surface area contributed by atoms with Gasteiger partial charge in [0.25, 0.3) is 0 Å². The molecule has 0 bridgehead atoms. The summed E-state index contributed by atoms with van der Waals surface area (Å²) in [5.41, 5.74) is 0.991. The lowest BCUT2D eigenvalue weighted by molar-refractivity contribution is -0.144.